The first-order valence-electron chi connectivity index (χ1n) is 5.34. The van der Waals surface area contributed by atoms with E-state index in [0.717, 1.165) is 0 Å². The minimum absolute atomic E-state index is 0.275. The van der Waals surface area contributed by atoms with Crippen molar-refractivity contribution in [1.29, 1.82) is 0 Å². The van der Waals surface area contributed by atoms with Gasteiger partial charge in [0, 0.05) is 11.8 Å². The molecular formula is C11H12O6S2. The average molecular weight is 304 g/mol. The van der Waals surface area contributed by atoms with Gasteiger partial charge in [-0.05, 0) is 19.1 Å². The van der Waals surface area contributed by atoms with Crippen molar-refractivity contribution in [3.8, 4) is 0 Å². The lowest BCUT2D eigenvalue weighted by atomic mass is 9.83. The Morgan fingerprint density at radius 1 is 1.00 bits per heavy atom. The van der Waals surface area contributed by atoms with Crippen LogP contribution in [0.15, 0.2) is 45.8 Å². The Balaban J connectivity index is 2.60. The smallest absolute Gasteiger partial charge is 0.282 e. The normalized spacial score (nSPS) is 27.2. The average Bonchev–Trinajstić information content (AvgIpc) is 2.24. The zero-order valence-electron chi connectivity index (χ0n) is 9.89. The van der Waals surface area contributed by atoms with Crippen LogP contribution in [0.4, 0.5) is 0 Å². The maximum atomic E-state index is 11.3. The van der Waals surface area contributed by atoms with Crippen molar-refractivity contribution in [2.45, 2.75) is 6.92 Å². The van der Waals surface area contributed by atoms with E-state index in [0.29, 0.717) is 5.57 Å². The molecule has 0 fully saturated rings. The van der Waals surface area contributed by atoms with Crippen molar-refractivity contribution >= 4 is 20.2 Å². The summed E-state index contributed by atoms with van der Waals surface area (Å²) in [6.45, 7) is 1.58. The van der Waals surface area contributed by atoms with Crippen LogP contribution in [0, 0.1) is 11.8 Å². The van der Waals surface area contributed by atoms with Gasteiger partial charge < -0.3 is 0 Å². The van der Waals surface area contributed by atoms with Crippen molar-refractivity contribution in [3.63, 3.8) is 0 Å². The molecule has 0 heterocycles. The molecule has 2 aliphatic rings. The molecule has 0 aliphatic heterocycles. The second-order valence-corrected chi connectivity index (χ2v) is 7.26. The molecule has 2 aliphatic carbocycles. The fourth-order valence-corrected chi connectivity index (χ4v) is 4.00. The second-order valence-electron chi connectivity index (χ2n) is 4.41. The third-order valence-electron chi connectivity index (χ3n) is 3.03. The molecule has 2 atom stereocenters. The van der Waals surface area contributed by atoms with Gasteiger partial charge in [-0.25, -0.2) is 0 Å². The van der Waals surface area contributed by atoms with E-state index >= 15 is 0 Å². The maximum absolute atomic E-state index is 11.3. The molecule has 0 aromatic carbocycles. The van der Waals surface area contributed by atoms with Crippen LogP contribution in [-0.2, 0) is 20.2 Å². The lowest BCUT2D eigenvalue weighted by Gasteiger charge is -2.29. The van der Waals surface area contributed by atoms with Crippen LogP contribution in [0.3, 0.4) is 0 Å². The number of fused-ring (bicyclic) bond motifs is 1. The molecule has 2 unspecified atom stereocenters. The van der Waals surface area contributed by atoms with Gasteiger partial charge in [0.2, 0.25) is 0 Å². The van der Waals surface area contributed by atoms with E-state index in [-0.39, 0.29) is 9.81 Å². The van der Waals surface area contributed by atoms with Gasteiger partial charge >= 0.3 is 0 Å². The van der Waals surface area contributed by atoms with Gasteiger partial charge in [-0.1, -0.05) is 23.8 Å². The minimum Gasteiger partial charge on any atom is -0.282 e. The van der Waals surface area contributed by atoms with Gasteiger partial charge in [0.1, 0.15) is 0 Å². The highest BCUT2D eigenvalue weighted by atomic mass is 32.2. The SMILES string of the molecule is CC1=CC2C(S(=O)(=O)O)=CC=CC2C(S(=O)(=O)O)=C1. The fourth-order valence-electron chi connectivity index (χ4n) is 2.29. The van der Waals surface area contributed by atoms with E-state index in [2.05, 4.69) is 0 Å². The summed E-state index contributed by atoms with van der Waals surface area (Å²) < 4.78 is 63.6. The minimum atomic E-state index is -4.43. The number of rotatable bonds is 2. The summed E-state index contributed by atoms with van der Waals surface area (Å²) in [6, 6.07) is 0. The third kappa shape index (κ3) is 2.71. The first-order chi connectivity index (χ1) is 8.60. The van der Waals surface area contributed by atoms with E-state index in [1.54, 1.807) is 13.0 Å². The molecule has 0 spiro atoms. The number of hydrogen-bond acceptors (Lipinski definition) is 4. The van der Waals surface area contributed by atoms with E-state index < -0.39 is 32.1 Å². The zero-order valence-corrected chi connectivity index (χ0v) is 11.5. The van der Waals surface area contributed by atoms with Crippen molar-refractivity contribution in [3.05, 3.63) is 45.8 Å². The summed E-state index contributed by atoms with van der Waals surface area (Å²) in [5.74, 6) is -1.66. The molecule has 0 amide bonds. The summed E-state index contributed by atoms with van der Waals surface area (Å²) in [4.78, 5) is -0.559. The number of allylic oxidation sites excluding steroid dienone is 8. The standard InChI is InChI=1S/C11H12O6S2/c1-7-5-9-8(11(6-7)19(15,16)17)3-2-4-10(9)18(12,13)14/h2-6,8-9H,1H3,(H,12,13,14)(H,15,16,17). The van der Waals surface area contributed by atoms with Gasteiger partial charge in [0.25, 0.3) is 20.2 Å². The van der Waals surface area contributed by atoms with Crippen molar-refractivity contribution in [2.24, 2.45) is 11.8 Å². The molecule has 0 radical (unpaired) electrons. The van der Waals surface area contributed by atoms with Crippen LogP contribution in [0.5, 0.6) is 0 Å². The zero-order chi connectivity index (χ0) is 14.4. The van der Waals surface area contributed by atoms with Gasteiger partial charge in [-0.15, -0.1) is 0 Å². The molecule has 0 aromatic heterocycles. The highest BCUT2D eigenvalue weighted by Crippen LogP contribution is 2.40. The third-order valence-corrected chi connectivity index (χ3v) is 5.02. The summed E-state index contributed by atoms with van der Waals surface area (Å²) in [7, 11) is -8.86. The molecule has 2 N–H and O–H groups in total. The van der Waals surface area contributed by atoms with Gasteiger partial charge in [0.05, 0.1) is 9.81 Å². The molecule has 8 heteroatoms. The van der Waals surface area contributed by atoms with Crippen LogP contribution in [0.2, 0.25) is 0 Å². The number of hydrogen-bond donors (Lipinski definition) is 2. The quantitative estimate of drug-likeness (QED) is 0.744. The van der Waals surface area contributed by atoms with E-state index in [1.807, 2.05) is 0 Å². The van der Waals surface area contributed by atoms with Crippen molar-refractivity contribution in [1.82, 2.24) is 0 Å². The molecule has 104 valence electrons. The van der Waals surface area contributed by atoms with Crippen LogP contribution in [0.25, 0.3) is 0 Å². The van der Waals surface area contributed by atoms with E-state index in [9.17, 15) is 21.4 Å². The van der Waals surface area contributed by atoms with Crippen LogP contribution in [-0.4, -0.2) is 25.9 Å². The summed E-state index contributed by atoms with van der Waals surface area (Å²) in [5.41, 5.74) is 0.499. The highest BCUT2D eigenvalue weighted by Gasteiger charge is 2.38. The first kappa shape index (κ1) is 14.2. The fraction of sp³-hybridized carbons (Fsp3) is 0.273. The molecule has 0 bridgehead atoms. The molecular weight excluding hydrogens is 292 g/mol. The maximum Gasteiger partial charge on any atom is 0.291 e. The van der Waals surface area contributed by atoms with E-state index in [1.165, 1.54) is 24.3 Å². The molecule has 6 nitrogen and oxygen atoms in total. The summed E-state index contributed by atoms with van der Waals surface area (Å²) in [6.07, 6.45) is 6.86. The monoisotopic (exact) mass is 304 g/mol. The lowest BCUT2D eigenvalue weighted by molar-refractivity contribution is 0.467. The summed E-state index contributed by atoms with van der Waals surface area (Å²) in [5, 5.41) is 0. The van der Waals surface area contributed by atoms with E-state index in [4.69, 9.17) is 4.55 Å². The lowest BCUT2D eigenvalue weighted by Crippen LogP contribution is -2.27. The Labute approximate surface area is 111 Å². The Bertz CT molecular complexity index is 734. The predicted octanol–water partition coefficient (Wildman–Crippen LogP) is 1.29. The van der Waals surface area contributed by atoms with Gasteiger partial charge in [-0.3, -0.25) is 9.11 Å². The molecule has 0 saturated heterocycles. The second kappa shape index (κ2) is 4.41. The largest absolute Gasteiger partial charge is 0.291 e. The molecule has 19 heavy (non-hydrogen) atoms. The molecule has 0 saturated carbocycles. The highest BCUT2D eigenvalue weighted by molar-refractivity contribution is 7.90. The topological polar surface area (TPSA) is 109 Å². The molecule has 2 rings (SSSR count). The Morgan fingerprint density at radius 2 is 1.58 bits per heavy atom. The molecule has 0 aromatic rings. The summed E-state index contributed by atoms with van der Waals surface area (Å²) >= 11 is 0. The van der Waals surface area contributed by atoms with Crippen LogP contribution >= 0.6 is 0 Å². The van der Waals surface area contributed by atoms with Crippen LogP contribution in [0.1, 0.15) is 6.92 Å². The Hall–Kier alpha value is -1.22. The van der Waals surface area contributed by atoms with Gasteiger partial charge in [0.15, 0.2) is 0 Å². The Morgan fingerprint density at radius 3 is 2.11 bits per heavy atom. The van der Waals surface area contributed by atoms with Crippen LogP contribution < -0.4 is 0 Å². The Kier molecular flexibility index (Phi) is 3.29. The van der Waals surface area contributed by atoms with Gasteiger partial charge in [-0.2, -0.15) is 16.8 Å². The first-order valence-corrected chi connectivity index (χ1v) is 8.22. The predicted molar refractivity (Wildman–Crippen MR) is 69.1 cm³/mol. The van der Waals surface area contributed by atoms with Crippen molar-refractivity contribution < 1.29 is 25.9 Å². The van der Waals surface area contributed by atoms with Crippen molar-refractivity contribution in [2.75, 3.05) is 0 Å².